The van der Waals surface area contributed by atoms with Crippen molar-refractivity contribution in [2.24, 2.45) is 0 Å². The quantitative estimate of drug-likeness (QED) is 0.621. The lowest BCUT2D eigenvalue weighted by molar-refractivity contribution is -0.0670. The number of likely N-dealkylation sites (tertiary alicyclic amines) is 1. The molecule has 0 N–H and O–H groups in total. The number of nitrogens with zero attached hydrogens (tertiary/aromatic N) is 6. The summed E-state index contributed by atoms with van der Waals surface area (Å²) in [5.41, 5.74) is 2.21. The van der Waals surface area contributed by atoms with Gasteiger partial charge in [-0.05, 0) is 12.7 Å². The average molecular weight is 318 g/mol. The Morgan fingerprint density at radius 1 is 1.32 bits per heavy atom. The maximum atomic E-state index is 5.94. The molecule has 0 amide bonds. The topological polar surface area (TPSA) is 69.0 Å². The van der Waals surface area contributed by atoms with E-state index in [-0.39, 0.29) is 12.1 Å². The van der Waals surface area contributed by atoms with Crippen LogP contribution in [0.4, 0.5) is 0 Å². The lowest BCUT2D eigenvalue weighted by Crippen LogP contribution is -2.47. The van der Waals surface area contributed by atoms with Gasteiger partial charge in [0.1, 0.15) is 0 Å². The zero-order valence-corrected chi connectivity index (χ0v) is 13.2. The normalized spacial score (nSPS) is 24.8. The average Bonchev–Trinajstić information content (AvgIpc) is 3.05. The molecule has 0 saturated carbocycles. The van der Waals surface area contributed by atoms with Gasteiger partial charge < -0.3 is 4.74 Å². The highest BCUT2D eigenvalue weighted by atomic mass is 32.2. The molecule has 2 aromatic rings. The van der Waals surface area contributed by atoms with Crippen molar-refractivity contribution >= 4 is 11.8 Å². The first-order valence-corrected chi connectivity index (χ1v) is 8.64. The molecule has 4 rings (SSSR count). The molecular weight excluding hydrogens is 300 g/mol. The lowest BCUT2D eigenvalue weighted by atomic mass is 10.00. The molecule has 8 heteroatoms. The summed E-state index contributed by atoms with van der Waals surface area (Å²) in [5, 5.41) is 9.07. The fourth-order valence-electron chi connectivity index (χ4n) is 3.18. The Bertz CT molecular complexity index is 645. The van der Waals surface area contributed by atoms with E-state index in [1.807, 2.05) is 23.3 Å². The number of thioether (sulfide) groups is 1. The molecule has 2 aromatic heterocycles. The monoisotopic (exact) mass is 318 g/mol. The van der Waals surface area contributed by atoms with Gasteiger partial charge in [-0.3, -0.25) is 4.90 Å². The predicted octanol–water partition coefficient (Wildman–Crippen LogP) is 1.14. The highest BCUT2D eigenvalue weighted by molar-refractivity contribution is 7.98. The van der Waals surface area contributed by atoms with Gasteiger partial charge >= 0.3 is 0 Å². The van der Waals surface area contributed by atoms with Gasteiger partial charge in [0.2, 0.25) is 0 Å². The second-order valence-electron chi connectivity index (χ2n) is 5.69. The fourth-order valence-corrected chi connectivity index (χ4v) is 3.49. The summed E-state index contributed by atoms with van der Waals surface area (Å²) in [4.78, 5) is 11.1. The molecule has 116 valence electrons. The minimum atomic E-state index is 0.251. The number of piperidine rings is 1. The predicted molar refractivity (Wildman–Crippen MR) is 81.3 cm³/mol. The van der Waals surface area contributed by atoms with Gasteiger partial charge in [0.05, 0.1) is 30.6 Å². The summed E-state index contributed by atoms with van der Waals surface area (Å²) in [6.45, 7) is 3.43. The summed E-state index contributed by atoms with van der Waals surface area (Å²) < 4.78 is 7.98. The van der Waals surface area contributed by atoms with Crippen LogP contribution in [0.3, 0.4) is 0 Å². The van der Waals surface area contributed by atoms with Gasteiger partial charge in [0, 0.05) is 37.6 Å². The van der Waals surface area contributed by atoms with Crippen molar-refractivity contribution in [1.29, 1.82) is 0 Å². The summed E-state index contributed by atoms with van der Waals surface area (Å²) in [6.07, 6.45) is 8.89. The van der Waals surface area contributed by atoms with Crippen LogP contribution in [0.25, 0.3) is 0 Å². The molecule has 1 saturated heterocycles. The Morgan fingerprint density at radius 2 is 2.18 bits per heavy atom. The molecule has 2 atom stereocenters. The molecule has 0 radical (unpaired) electrons. The first-order valence-electron chi connectivity index (χ1n) is 7.41. The number of aromatic nitrogens is 5. The Hall–Kier alpha value is -1.51. The Morgan fingerprint density at radius 3 is 3.00 bits per heavy atom. The summed E-state index contributed by atoms with van der Waals surface area (Å²) >= 11 is 1.56. The van der Waals surface area contributed by atoms with E-state index in [2.05, 4.69) is 25.2 Å². The van der Waals surface area contributed by atoms with Gasteiger partial charge in [0.25, 0.3) is 0 Å². The molecule has 2 aliphatic heterocycles. The zero-order chi connectivity index (χ0) is 14.9. The third-order valence-corrected chi connectivity index (χ3v) is 4.86. The fraction of sp³-hybridized carbons (Fsp3) is 0.571. The van der Waals surface area contributed by atoms with E-state index in [4.69, 9.17) is 4.74 Å². The molecule has 4 heterocycles. The van der Waals surface area contributed by atoms with E-state index < -0.39 is 0 Å². The smallest absolute Gasteiger partial charge is 0.187 e. The number of rotatable bonds is 3. The molecule has 0 unspecified atom stereocenters. The van der Waals surface area contributed by atoms with Crippen LogP contribution in [0.5, 0.6) is 0 Å². The van der Waals surface area contributed by atoms with Crippen molar-refractivity contribution in [3.63, 3.8) is 0 Å². The highest BCUT2D eigenvalue weighted by Gasteiger charge is 2.36. The van der Waals surface area contributed by atoms with Crippen molar-refractivity contribution in [3.05, 3.63) is 29.8 Å². The Balaban J connectivity index is 1.47. The first-order chi connectivity index (χ1) is 10.8. The molecule has 7 nitrogen and oxygen atoms in total. The van der Waals surface area contributed by atoms with Crippen LogP contribution in [0.15, 0.2) is 23.7 Å². The molecule has 22 heavy (non-hydrogen) atoms. The molecule has 0 aromatic carbocycles. The Kier molecular flexibility index (Phi) is 3.81. The van der Waals surface area contributed by atoms with Crippen LogP contribution >= 0.6 is 11.8 Å². The van der Waals surface area contributed by atoms with E-state index in [0.29, 0.717) is 6.61 Å². The highest BCUT2D eigenvalue weighted by Crippen LogP contribution is 2.30. The number of hydrogen-bond donors (Lipinski definition) is 0. The number of hydrogen-bond acceptors (Lipinski definition) is 7. The van der Waals surface area contributed by atoms with E-state index in [1.54, 1.807) is 18.0 Å². The van der Waals surface area contributed by atoms with Gasteiger partial charge in [0.15, 0.2) is 5.16 Å². The molecule has 1 fully saturated rings. The van der Waals surface area contributed by atoms with Crippen molar-refractivity contribution in [2.45, 2.75) is 36.9 Å². The molecule has 0 bridgehead atoms. The van der Waals surface area contributed by atoms with E-state index in [9.17, 15) is 0 Å². The molecular formula is C14H18N6OS. The third kappa shape index (κ3) is 2.62. The van der Waals surface area contributed by atoms with Gasteiger partial charge in [-0.25, -0.2) is 14.6 Å². The summed E-state index contributed by atoms with van der Waals surface area (Å²) in [5.74, 6) is 0. The standard InChI is InChI=1S/C14H18N6OS/c1-22-14-15-4-10(5-16-14)7-19-3-2-13-12(8-19)20-11(9-21-13)6-17-18-20/h4-6,12-13H,2-3,7-9H2,1H3/t12-,13-/m0/s1. The number of fused-ring (bicyclic) bond motifs is 3. The molecule has 0 aliphatic carbocycles. The first kappa shape index (κ1) is 14.1. The van der Waals surface area contributed by atoms with Crippen LogP contribution < -0.4 is 0 Å². The summed E-state index contributed by atoms with van der Waals surface area (Å²) in [6, 6.07) is 0.256. The maximum absolute atomic E-state index is 5.94. The van der Waals surface area contributed by atoms with Gasteiger partial charge in [-0.1, -0.05) is 17.0 Å². The lowest BCUT2D eigenvalue weighted by Gasteiger charge is -2.40. The molecule has 0 spiro atoms. The van der Waals surface area contributed by atoms with Gasteiger partial charge in [-0.2, -0.15) is 0 Å². The van der Waals surface area contributed by atoms with Crippen LogP contribution in [0, 0.1) is 0 Å². The Labute approximate surface area is 133 Å². The minimum Gasteiger partial charge on any atom is -0.370 e. The SMILES string of the molecule is CSc1ncc(CN2CC[C@@H]3OCc4cnnn4[C@H]3C2)cn1. The van der Waals surface area contributed by atoms with Crippen LogP contribution in [0.1, 0.15) is 23.7 Å². The van der Waals surface area contributed by atoms with Crippen LogP contribution in [0.2, 0.25) is 0 Å². The molecule has 2 aliphatic rings. The third-order valence-electron chi connectivity index (χ3n) is 4.28. The van der Waals surface area contributed by atoms with Gasteiger partial charge in [-0.15, -0.1) is 5.10 Å². The van der Waals surface area contributed by atoms with Crippen molar-refractivity contribution < 1.29 is 4.74 Å². The number of ether oxygens (including phenoxy) is 1. The van der Waals surface area contributed by atoms with Crippen LogP contribution in [-0.2, 0) is 17.9 Å². The second-order valence-corrected chi connectivity index (χ2v) is 6.46. The van der Waals surface area contributed by atoms with Crippen molar-refractivity contribution in [1.82, 2.24) is 29.9 Å². The van der Waals surface area contributed by atoms with E-state index in [1.165, 1.54) is 0 Å². The van der Waals surface area contributed by atoms with E-state index >= 15 is 0 Å². The van der Waals surface area contributed by atoms with E-state index in [0.717, 1.165) is 42.5 Å². The second kappa shape index (κ2) is 5.94. The maximum Gasteiger partial charge on any atom is 0.187 e. The van der Waals surface area contributed by atoms with Crippen LogP contribution in [-0.4, -0.2) is 55.3 Å². The zero-order valence-electron chi connectivity index (χ0n) is 12.4. The van der Waals surface area contributed by atoms with Crippen molar-refractivity contribution in [2.75, 3.05) is 19.3 Å². The van der Waals surface area contributed by atoms with Crippen molar-refractivity contribution in [3.8, 4) is 0 Å². The summed E-state index contributed by atoms with van der Waals surface area (Å²) in [7, 11) is 0. The minimum absolute atomic E-state index is 0.251. The largest absolute Gasteiger partial charge is 0.370 e.